The number of quaternary nitrogens is 1. The Hall–Kier alpha value is -0.610. The van der Waals surface area contributed by atoms with Crippen LogP contribution >= 0.6 is 0 Å². The summed E-state index contributed by atoms with van der Waals surface area (Å²) in [4.78, 5) is 9.65. The van der Waals surface area contributed by atoms with Crippen LogP contribution in [0.15, 0.2) is 0 Å². The van der Waals surface area contributed by atoms with Gasteiger partial charge in [-0.2, -0.15) is 0 Å². The van der Waals surface area contributed by atoms with Gasteiger partial charge in [0.1, 0.15) is 0 Å². The van der Waals surface area contributed by atoms with E-state index in [0.717, 1.165) is 30.7 Å². The summed E-state index contributed by atoms with van der Waals surface area (Å²) < 4.78 is 6.05. The van der Waals surface area contributed by atoms with E-state index < -0.39 is 5.97 Å². The zero-order valence-electron chi connectivity index (χ0n) is 10.7. The molecule has 0 aliphatic rings. The van der Waals surface area contributed by atoms with E-state index in [1.165, 1.54) is 0 Å². The van der Waals surface area contributed by atoms with Gasteiger partial charge in [-0.3, -0.25) is 0 Å². The average molecular weight is 219 g/mol. The third-order valence-corrected chi connectivity index (χ3v) is 1.42. The predicted octanol–water partition coefficient (Wildman–Crippen LogP) is 0.613. The molecule has 0 aliphatic heterocycles. The summed E-state index contributed by atoms with van der Waals surface area (Å²) in [6.45, 7) is 5.57. The molecule has 4 heteroatoms. The Kier molecular flexibility index (Phi) is 11.1. The first kappa shape index (κ1) is 16.8. The second kappa shape index (κ2) is 9.93. The monoisotopic (exact) mass is 219 g/mol. The van der Waals surface area contributed by atoms with E-state index in [1.807, 2.05) is 13.8 Å². The number of carbonyl (C=O) groups is 1. The Labute approximate surface area is 93.4 Å². The molecule has 92 valence electrons. The Bertz CT molecular complexity index is 152. The van der Waals surface area contributed by atoms with Crippen molar-refractivity contribution in [3.63, 3.8) is 0 Å². The highest BCUT2D eigenvalue weighted by Crippen LogP contribution is 1.89. The van der Waals surface area contributed by atoms with Crippen LogP contribution in [0.1, 0.15) is 33.1 Å². The van der Waals surface area contributed by atoms with Crippen LogP contribution in [0.3, 0.4) is 0 Å². The summed E-state index contributed by atoms with van der Waals surface area (Å²) in [5, 5.41) is 9.65. The van der Waals surface area contributed by atoms with Crippen molar-refractivity contribution >= 4 is 5.97 Å². The highest BCUT2D eigenvalue weighted by molar-refractivity contribution is 5.63. The van der Waals surface area contributed by atoms with Gasteiger partial charge in [0.15, 0.2) is 6.73 Å². The SMILES string of the molecule is CCCCC(=O)[O-].CCOC[N+](C)(C)C. The third kappa shape index (κ3) is 24.7. The van der Waals surface area contributed by atoms with Gasteiger partial charge in [0.25, 0.3) is 0 Å². The number of hydrogen-bond acceptors (Lipinski definition) is 3. The van der Waals surface area contributed by atoms with Crippen LogP contribution in [-0.2, 0) is 9.53 Å². The minimum Gasteiger partial charge on any atom is -0.550 e. The lowest BCUT2D eigenvalue weighted by Crippen LogP contribution is -2.36. The van der Waals surface area contributed by atoms with Crippen LogP contribution in [-0.4, -0.2) is 44.9 Å². The molecule has 0 saturated carbocycles. The molecule has 0 amide bonds. The topological polar surface area (TPSA) is 49.4 Å². The van der Waals surface area contributed by atoms with E-state index in [1.54, 1.807) is 0 Å². The fourth-order valence-electron chi connectivity index (χ4n) is 0.686. The number of nitrogens with zero attached hydrogens (tertiary/aromatic N) is 1. The average Bonchev–Trinajstić information content (AvgIpc) is 2.11. The first-order chi connectivity index (χ1) is 6.83. The minimum absolute atomic E-state index is 0.205. The molecule has 0 N–H and O–H groups in total. The smallest absolute Gasteiger partial charge is 0.182 e. The second-order valence-corrected chi connectivity index (χ2v) is 4.39. The van der Waals surface area contributed by atoms with Crippen LogP contribution in [0.25, 0.3) is 0 Å². The van der Waals surface area contributed by atoms with E-state index in [4.69, 9.17) is 4.74 Å². The molecule has 0 fully saturated rings. The highest BCUT2D eigenvalue weighted by Gasteiger charge is 2.03. The number of carboxylic acids is 1. The number of ether oxygens (including phenoxy) is 1. The molecule has 0 unspecified atom stereocenters. The van der Waals surface area contributed by atoms with Crippen molar-refractivity contribution in [1.29, 1.82) is 0 Å². The molecule has 0 bridgehead atoms. The summed E-state index contributed by atoms with van der Waals surface area (Å²) >= 11 is 0. The Balaban J connectivity index is 0. The Morgan fingerprint density at radius 3 is 1.93 bits per heavy atom. The van der Waals surface area contributed by atoms with Crippen LogP contribution in [0.2, 0.25) is 0 Å². The third-order valence-electron chi connectivity index (χ3n) is 1.42. The van der Waals surface area contributed by atoms with Gasteiger partial charge in [-0.1, -0.05) is 13.3 Å². The van der Waals surface area contributed by atoms with E-state index in [9.17, 15) is 9.90 Å². The molecule has 0 aliphatic carbocycles. The molecular weight excluding hydrogens is 194 g/mol. The fraction of sp³-hybridized carbons (Fsp3) is 0.909. The molecule has 0 spiro atoms. The zero-order chi connectivity index (χ0) is 12.3. The molecule has 0 aromatic heterocycles. The molecule has 0 aromatic rings. The molecule has 0 atom stereocenters. The lowest BCUT2D eigenvalue weighted by molar-refractivity contribution is -0.890. The van der Waals surface area contributed by atoms with Crippen LogP contribution < -0.4 is 5.11 Å². The summed E-state index contributed by atoms with van der Waals surface area (Å²) in [6.07, 6.45) is 1.87. The van der Waals surface area contributed by atoms with E-state index in [2.05, 4.69) is 21.1 Å². The van der Waals surface area contributed by atoms with Gasteiger partial charge in [-0.05, 0) is 19.8 Å². The highest BCUT2D eigenvalue weighted by atomic mass is 16.5. The minimum atomic E-state index is -0.943. The molecule has 4 nitrogen and oxygen atoms in total. The van der Waals surface area contributed by atoms with Gasteiger partial charge >= 0.3 is 0 Å². The van der Waals surface area contributed by atoms with Crippen molar-refractivity contribution in [3.8, 4) is 0 Å². The molecule has 0 radical (unpaired) electrons. The lowest BCUT2D eigenvalue weighted by Gasteiger charge is -2.22. The Morgan fingerprint density at radius 1 is 1.27 bits per heavy atom. The van der Waals surface area contributed by atoms with Crippen molar-refractivity contribution < 1.29 is 19.1 Å². The van der Waals surface area contributed by atoms with E-state index >= 15 is 0 Å². The number of carbonyl (C=O) groups excluding carboxylic acids is 1. The fourth-order valence-corrected chi connectivity index (χ4v) is 0.686. The maximum Gasteiger partial charge on any atom is 0.182 e. The van der Waals surface area contributed by atoms with Gasteiger partial charge in [-0.25, -0.2) is 0 Å². The molecule has 0 saturated heterocycles. The summed E-state index contributed by atoms with van der Waals surface area (Å²) in [7, 11) is 6.32. The van der Waals surface area contributed by atoms with Crippen molar-refractivity contribution in [2.45, 2.75) is 33.1 Å². The molecule has 0 rings (SSSR count). The van der Waals surface area contributed by atoms with Gasteiger partial charge in [0, 0.05) is 12.6 Å². The first-order valence-corrected chi connectivity index (χ1v) is 5.41. The van der Waals surface area contributed by atoms with E-state index in [0.29, 0.717) is 0 Å². The quantitative estimate of drug-likeness (QED) is 0.486. The predicted molar refractivity (Wildman–Crippen MR) is 59.1 cm³/mol. The molecular formula is C11H25NO3. The van der Waals surface area contributed by atoms with Crippen molar-refractivity contribution in [2.24, 2.45) is 0 Å². The van der Waals surface area contributed by atoms with Gasteiger partial charge < -0.3 is 19.1 Å². The standard InChI is InChI=1S/C6H16NO.C5H10O2/c1-5-8-6-7(2,3)4;1-2-3-4-5(6)7/h5-6H2,1-4H3;2-4H2,1H3,(H,6,7)/q+1;/p-1. The van der Waals surface area contributed by atoms with Crippen molar-refractivity contribution in [3.05, 3.63) is 0 Å². The number of carboxylic acid groups (broad SMARTS) is 1. The van der Waals surface area contributed by atoms with Gasteiger partial charge in [-0.15, -0.1) is 0 Å². The lowest BCUT2D eigenvalue weighted by atomic mass is 10.3. The number of hydrogen-bond donors (Lipinski definition) is 0. The number of aliphatic carboxylic acids is 1. The Morgan fingerprint density at radius 2 is 1.80 bits per heavy atom. The summed E-state index contributed by atoms with van der Waals surface area (Å²) in [5.41, 5.74) is 0. The van der Waals surface area contributed by atoms with E-state index in [-0.39, 0.29) is 6.42 Å². The van der Waals surface area contributed by atoms with Crippen molar-refractivity contribution in [1.82, 2.24) is 0 Å². The van der Waals surface area contributed by atoms with Crippen LogP contribution in [0.4, 0.5) is 0 Å². The van der Waals surface area contributed by atoms with Crippen LogP contribution in [0, 0.1) is 0 Å². The van der Waals surface area contributed by atoms with Gasteiger partial charge in [0.2, 0.25) is 0 Å². The first-order valence-electron chi connectivity index (χ1n) is 5.41. The van der Waals surface area contributed by atoms with Crippen molar-refractivity contribution in [2.75, 3.05) is 34.5 Å². The molecule has 0 aromatic carbocycles. The number of rotatable bonds is 6. The normalized spacial score (nSPS) is 10.5. The van der Waals surface area contributed by atoms with Gasteiger partial charge in [0.05, 0.1) is 21.1 Å². The van der Waals surface area contributed by atoms with Crippen LogP contribution in [0.5, 0.6) is 0 Å². The summed E-state index contributed by atoms with van der Waals surface area (Å²) in [5.74, 6) is -0.943. The maximum absolute atomic E-state index is 9.65. The second-order valence-electron chi connectivity index (χ2n) is 4.39. The molecule has 0 heterocycles. The number of unbranched alkanes of at least 4 members (excludes halogenated alkanes) is 1. The summed E-state index contributed by atoms with van der Waals surface area (Å²) in [6, 6.07) is 0. The molecule has 15 heavy (non-hydrogen) atoms. The zero-order valence-corrected chi connectivity index (χ0v) is 10.7. The largest absolute Gasteiger partial charge is 0.550 e. The maximum atomic E-state index is 9.65.